The Morgan fingerprint density at radius 1 is 1.17 bits per heavy atom. The second-order valence-corrected chi connectivity index (χ2v) is 8.60. The first-order chi connectivity index (χ1) is 14.1. The number of nitrogens with one attached hydrogen (secondary N) is 1. The van der Waals surface area contributed by atoms with Gasteiger partial charge in [0.15, 0.2) is 5.13 Å². The molecular formula is C20H19FN4O2S2. The van der Waals surface area contributed by atoms with Crippen LogP contribution in [0.3, 0.4) is 0 Å². The fourth-order valence-electron chi connectivity index (χ4n) is 3.29. The summed E-state index contributed by atoms with van der Waals surface area (Å²) >= 11 is 2.84. The lowest BCUT2D eigenvalue weighted by atomic mass is 9.97. The number of benzene rings is 1. The molecule has 1 aliphatic heterocycles. The van der Waals surface area contributed by atoms with Crippen LogP contribution >= 0.6 is 22.7 Å². The van der Waals surface area contributed by atoms with E-state index in [4.69, 9.17) is 0 Å². The van der Waals surface area contributed by atoms with Crippen LogP contribution in [-0.4, -0.2) is 39.8 Å². The van der Waals surface area contributed by atoms with E-state index >= 15 is 0 Å². The molecule has 0 saturated carbocycles. The number of aromatic nitrogens is 2. The molecule has 1 saturated heterocycles. The van der Waals surface area contributed by atoms with Crippen molar-refractivity contribution in [2.45, 2.75) is 25.2 Å². The third kappa shape index (κ3) is 4.86. The van der Waals surface area contributed by atoms with E-state index in [1.807, 2.05) is 4.90 Å². The first-order valence-corrected chi connectivity index (χ1v) is 11.0. The van der Waals surface area contributed by atoms with Crippen LogP contribution in [0.5, 0.6) is 0 Å². The Balaban J connectivity index is 1.30. The number of carbonyl (C=O) groups excluding carboxylic acids is 2. The maximum absolute atomic E-state index is 13.0. The lowest BCUT2D eigenvalue weighted by Crippen LogP contribution is -2.38. The Hall–Kier alpha value is -2.65. The number of likely N-dealkylation sites (tertiary alicyclic amines) is 1. The molecule has 2 aromatic heterocycles. The smallest absolute Gasteiger partial charge is 0.276 e. The zero-order valence-corrected chi connectivity index (χ0v) is 17.1. The van der Waals surface area contributed by atoms with Crippen molar-refractivity contribution in [1.29, 1.82) is 0 Å². The average molecular weight is 431 g/mol. The largest absolute Gasteiger partial charge is 0.342 e. The van der Waals surface area contributed by atoms with E-state index < -0.39 is 0 Å². The number of hydrogen-bond acceptors (Lipinski definition) is 6. The van der Waals surface area contributed by atoms with Crippen molar-refractivity contribution < 1.29 is 14.0 Å². The highest BCUT2D eigenvalue weighted by Crippen LogP contribution is 2.30. The first kappa shape index (κ1) is 19.7. The molecule has 3 heterocycles. The van der Waals surface area contributed by atoms with Crippen molar-refractivity contribution in [2.75, 3.05) is 18.4 Å². The Morgan fingerprint density at radius 2 is 1.93 bits per heavy atom. The molecule has 1 N–H and O–H groups in total. The Labute approximate surface area is 175 Å². The maximum atomic E-state index is 13.0. The van der Waals surface area contributed by atoms with Gasteiger partial charge in [0, 0.05) is 36.0 Å². The maximum Gasteiger partial charge on any atom is 0.276 e. The summed E-state index contributed by atoms with van der Waals surface area (Å²) < 4.78 is 13.0. The van der Waals surface area contributed by atoms with Crippen LogP contribution in [0.15, 0.2) is 41.2 Å². The van der Waals surface area contributed by atoms with Gasteiger partial charge in [-0.05, 0) is 30.5 Å². The van der Waals surface area contributed by atoms with E-state index in [9.17, 15) is 14.0 Å². The van der Waals surface area contributed by atoms with Crippen molar-refractivity contribution in [3.8, 4) is 0 Å². The second kappa shape index (κ2) is 8.79. The highest BCUT2D eigenvalue weighted by atomic mass is 32.1. The molecule has 2 amide bonds. The molecule has 0 atom stereocenters. The molecule has 4 rings (SSSR count). The van der Waals surface area contributed by atoms with Gasteiger partial charge in [0.2, 0.25) is 5.91 Å². The van der Waals surface area contributed by atoms with Crippen LogP contribution in [0, 0.1) is 5.82 Å². The molecule has 0 unspecified atom stereocenters. The molecule has 1 aromatic carbocycles. The monoisotopic (exact) mass is 430 g/mol. The van der Waals surface area contributed by atoms with Gasteiger partial charge in [-0.3, -0.25) is 14.9 Å². The summed E-state index contributed by atoms with van der Waals surface area (Å²) in [6.45, 7) is 1.32. The number of hydrogen-bond donors (Lipinski definition) is 1. The van der Waals surface area contributed by atoms with Gasteiger partial charge in [0.05, 0.1) is 11.4 Å². The Kier molecular flexibility index (Phi) is 5.96. The minimum absolute atomic E-state index is 0.0534. The molecule has 150 valence electrons. The van der Waals surface area contributed by atoms with E-state index in [1.54, 1.807) is 29.1 Å². The highest BCUT2D eigenvalue weighted by molar-refractivity contribution is 7.13. The Morgan fingerprint density at radius 3 is 2.62 bits per heavy atom. The van der Waals surface area contributed by atoms with Crippen LogP contribution in [0.1, 0.15) is 39.8 Å². The van der Waals surface area contributed by atoms with E-state index in [0.717, 1.165) is 23.4 Å². The quantitative estimate of drug-likeness (QED) is 0.665. The zero-order chi connectivity index (χ0) is 20.2. The van der Waals surface area contributed by atoms with Crippen molar-refractivity contribution >= 4 is 39.6 Å². The first-order valence-electron chi connectivity index (χ1n) is 9.27. The van der Waals surface area contributed by atoms with Gasteiger partial charge >= 0.3 is 0 Å². The number of thiazole rings is 2. The SMILES string of the molecule is O=C(Nc1nccs1)c1csc(C2CCN(C(=O)Cc3ccc(F)cc3)CC2)n1. The van der Waals surface area contributed by atoms with Gasteiger partial charge in [-0.25, -0.2) is 14.4 Å². The van der Waals surface area contributed by atoms with Crippen LogP contribution in [-0.2, 0) is 11.2 Å². The predicted octanol–water partition coefficient (Wildman–Crippen LogP) is 3.94. The van der Waals surface area contributed by atoms with Gasteiger partial charge in [-0.15, -0.1) is 22.7 Å². The number of amides is 2. The second-order valence-electron chi connectivity index (χ2n) is 6.82. The van der Waals surface area contributed by atoms with Crippen molar-refractivity contribution in [3.05, 3.63) is 63.3 Å². The van der Waals surface area contributed by atoms with E-state index in [-0.39, 0.29) is 30.0 Å². The molecule has 0 radical (unpaired) electrons. The fourth-order valence-corrected chi connectivity index (χ4v) is 4.79. The number of piperidine rings is 1. The molecule has 0 spiro atoms. The summed E-state index contributed by atoms with van der Waals surface area (Å²) in [6, 6.07) is 6.04. The summed E-state index contributed by atoms with van der Waals surface area (Å²) in [7, 11) is 0. The summed E-state index contributed by atoms with van der Waals surface area (Å²) in [6.07, 6.45) is 3.55. The molecule has 3 aromatic rings. The number of anilines is 1. The van der Waals surface area contributed by atoms with E-state index in [0.29, 0.717) is 23.9 Å². The minimum atomic E-state index is -0.301. The number of rotatable bonds is 5. The van der Waals surface area contributed by atoms with Gasteiger partial charge in [0.25, 0.3) is 5.91 Å². The summed E-state index contributed by atoms with van der Waals surface area (Å²) in [5.41, 5.74) is 1.21. The summed E-state index contributed by atoms with van der Waals surface area (Å²) in [5, 5.41) is 7.79. The lowest BCUT2D eigenvalue weighted by molar-refractivity contribution is -0.131. The lowest BCUT2D eigenvalue weighted by Gasteiger charge is -2.31. The third-order valence-corrected chi connectivity index (χ3v) is 6.57. The zero-order valence-electron chi connectivity index (χ0n) is 15.5. The average Bonchev–Trinajstić information content (AvgIpc) is 3.42. The molecular weight excluding hydrogens is 411 g/mol. The summed E-state index contributed by atoms with van der Waals surface area (Å²) in [5.74, 6) is -0.256. The van der Waals surface area contributed by atoms with Crippen molar-refractivity contribution in [3.63, 3.8) is 0 Å². The van der Waals surface area contributed by atoms with Gasteiger partial charge in [-0.1, -0.05) is 12.1 Å². The van der Waals surface area contributed by atoms with E-state index in [1.165, 1.54) is 34.8 Å². The van der Waals surface area contributed by atoms with Crippen LogP contribution in [0.2, 0.25) is 0 Å². The van der Waals surface area contributed by atoms with E-state index in [2.05, 4.69) is 15.3 Å². The van der Waals surface area contributed by atoms with Crippen LogP contribution in [0.25, 0.3) is 0 Å². The number of carbonyl (C=O) groups is 2. The van der Waals surface area contributed by atoms with Crippen LogP contribution < -0.4 is 5.32 Å². The summed E-state index contributed by atoms with van der Waals surface area (Å²) in [4.78, 5) is 35.2. The third-order valence-electron chi connectivity index (χ3n) is 4.87. The van der Waals surface area contributed by atoms with Gasteiger partial charge < -0.3 is 4.90 Å². The number of nitrogens with zero attached hydrogens (tertiary/aromatic N) is 3. The molecule has 29 heavy (non-hydrogen) atoms. The standard InChI is InChI=1S/C20H19FN4O2S2/c21-15-3-1-13(2-4-15)11-17(26)25-8-5-14(6-9-25)19-23-16(12-29-19)18(27)24-20-22-7-10-28-20/h1-4,7,10,12,14H,5-6,8-9,11H2,(H,22,24,27). The van der Waals surface area contributed by atoms with Gasteiger partial charge in [-0.2, -0.15) is 0 Å². The normalized spacial score (nSPS) is 14.7. The number of halogens is 1. The molecule has 0 aliphatic carbocycles. The molecule has 6 nitrogen and oxygen atoms in total. The molecule has 1 fully saturated rings. The predicted molar refractivity (Wildman–Crippen MR) is 111 cm³/mol. The fraction of sp³-hybridized carbons (Fsp3) is 0.300. The highest BCUT2D eigenvalue weighted by Gasteiger charge is 2.26. The minimum Gasteiger partial charge on any atom is -0.342 e. The van der Waals surface area contributed by atoms with Crippen molar-refractivity contribution in [1.82, 2.24) is 14.9 Å². The molecule has 1 aliphatic rings. The topological polar surface area (TPSA) is 75.2 Å². The van der Waals surface area contributed by atoms with Gasteiger partial charge in [0.1, 0.15) is 11.5 Å². The molecule has 9 heteroatoms. The Bertz CT molecular complexity index is 980. The molecule has 0 bridgehead atoms. The van der Waals surface area contributed by atoms with Crippen molar-refractivity contribution in [2.24, 2.45) is 0 Å². The van der Waals surface area contributed by atoms with Crippen LogP contribution in [0.4, 0.5) is 9.52 Å².